The maximum Gasteiger partial charge on any atom is 0.167 e. The van der Waals surface area contributed by atoms with Crippen LogP contribution >= 0.6 is 0 Å². The average molecular weight is 743 g/mol. The molecular formula is C52H30N4O2. The Balaban J connectivity index is 1.04. The molecule has 12 aromatic rings. The summed E-state index contributed by atoms with van der Waals surface area (Å²) in [5, 5.41) is 7.52. The van der Waals surface area contributed by atoms with E-state index in [1.807, 2.05) is 72.8 Å². The summed E-state index contributed by atoms with van der Waals surface area (Å²) in [5.41, 5.74) is 10.9. The van der Waals surface area contributed by atoms with Crippen molar-refractivity contribution in [3.8, 4) is 56.5 Å². The molecule has 0 aliphatic rings. The molecule has 0 amide bonds. The van der Waals surface area contributed by atoms with Crippen LogP contribution in [-0.2, 0) is 0 Å². The minimum Gasteiger partial charge on any atom is -0.456 e. The number of fused-ring (bicyclic) bond motifs is 10. The fourth-order valence-electron chi connectivity index (χ4n) is 8.41. The van der Waals surface area contributed by atoms with Gasteiger partial charge >= 0.3 is 0 Å². The lowest BCUT2D eigenvalue weighted by Crippen LogP contribution is -2.00. The molecule has 4 heterocycles. The first-order chi connectivity index (χ1) is 28.7. The van der Waals surface area contributed by atoms with E-state index in [-0.39, 0.29) is 0 Å². The van der Waals surface area contributed by atoms with Gasteiger partial charge < -0.3 is 8.83 Å². The van der Waals surface area contributed by atoms with Crippen molar-refractivity contribution in [1.29, 1.82) is 0 Å². The molecule has 8 aromatic carbocycles. The Bertz CT molecular complexity index is 3570. The van der Waals surface area contributed by atoms with Gasteiger partial charge in [0, 0.05) is 54.4 Å². The molecule has 0 bridgehead atoms. The Morgan fingerprint density at radius 1 is 0.310 bits per heavy atom. The van der Waals surface area contributed by atoms with E-state index >= 15 is 0 Å². The van der Waals surface area contributed by atoms with E-state index in [1.54, 1.807) is 0 Å². The fraction of sp³-hybridized carbons (Fsp3) is 0. The molecule has 58 heavy (non-hydrogen) atoms. The molecule has 6 nitrogen and oxygen atoms in total. The Morgan fingerprint density at radius 3 is 1.79 bits per heavy atom. The van der Waals surface area contributed by atoms with Crippen LogP contribution in [0.3, 0.4) is 0 Å². The summed E-state index contributed by atoms with van der Waals surface area (Å²) in [5.74, 6) is 1.72. The number of nitrogens with zero attached hydrogens (tertiary/aromatic N) is 4. The van der Waals surface area contributed by atoms with Gasteiger partial charge in [0.15, 0.2) is 17.5 Å². The minimum atomic E-state index is 0.550. The maximum absolute atomic E-state index is 6.54. The normalized spacial score (nSPS) is 11.8. The largest absolute Gasteiger partial charge is 0.456 e. The second-order valence-corrected chi connectivity index (χ2v) is 14.6. The molecule has 0 unspecified atom stereocenters. The summed E-state index contributed by atoms with van der Waals surface area (Å²) in [4.78, 5) is 20.4. The van der Waals surface area contributed by atoms with Gasteiger partial charge in [-0.15, -0.1) is 0 Å². The van der Waals surface area contributed by atoms with Crippen LogP contribution in [0, 0.1) is 0 Å². The highest BCUT2D eigenvalue weighted by molar-refractivity contribution is 6.28. The molecular weight excluding hydrogens is 713 g/mol. The van der Waals surface area contributed by atoms with E-state index < -0.39 is 0 Å². The van der Waals surface area contributed by atoms with Crippen molar-refractivity contribution in [3.05, 3.63) is 182 Å². The van der Waals surface area contributed by atoms with E-state index in [4.69, 9.17) is 28.8 Å². The van der Waals surface area contributed by atoms with Crippen LogP contribution in [0.1, 0.15) is 0 Å². The molecule has 0 spiro atoms. The van der Waals surface area contributed by atoms with E-state index in [1.165, 1.54) is 0 Å². The third kappa shape index (κ3) is 5.12. The zero-order chi connectivity index (χ0) is 38.2. The molecule has 4 aromatic heterocycles. The monoisotopic (exact) mass is 742 g/mol. The van der Waals surface area contributed by atoms with Gasteiger partial charge in [0.05, 0.1) is 16.8 Å². The maximum atomic E-state index is 6.54. The van der Waals surface area contributed by atoms with Crippen molar-refractivity contribution in [2.45, 2.75) is 0 Å². The topological polar surface area (TPSA) is 77.8 Å². The average Bonchev–Trinajstić information content (AvgIpc) is 3.87. The number of pyridine rings is 1. The predicted molar refractivity (Wildman–Crippen MR) is 234 cm³/mol. The smallest absolute Gasteiger partial charge is 0.167 e. The number of hydrogen-bond acceptors (Lipinski definition) is 6. The second-order valence-electron chi connectivity index (χ2n) is 14.6. The van der Waals surface area contributed by atoms with E-state index in [0.29, 0.717) is 17.5 Å². The minimum absolute atomic E-state index is 0.550. The van der Waals surface area contributed by atoms with Crippen LogP contribution in [0.25, 0.3) is 122 Å². The molecule has 0 atom stereocenters. The molecule has 0 saturated heterocycles. The van der Waals surface area contributed by atoms with Crippen molar-refractivity contribution in [3.63, 3.8) is 0 Å². The Labute approximate surface area is 331 Å². The number of furan rings is 2. The van der Waals surface area contributed by atoms with Crippen molar-refractivity contribution < 1.29 is 8.83 Å². The first-order valence-electron chi connectivity index (χ1n) is 19.3. The van der Waals surface area contributed by atoms with E-state index in [2.05, 4.69) is 109 Å². The molecule has 0 saturated carbocycles. The first-order valence-corrected chi connectivity index (χ1v) is 19.3. The van der Waals surface area contributed by atoms with Crippen molar-refractivity contribution >= 4 is 65.6 Å². The highest BCUT2D eigenvalue weighted by Crippen LogP contribution is 2.43. The lowest BCUT2D eigenvalue weighted by atomic mass is 9.95. The summed E-state index contributed by atoms with van der Waals surface area (Å²) < 4.78 is 13.0. The van der Waals surface area contributed by atoms with Gasteiger partial charge in [-0.1, -0.05) is 133 Å². The Morgan fingerprint density at radius 2 is 0.931 bits per heavy atom. The fourth-order valence-corrected chi connectivity index (χ4v) is 8.41. The van der Waals surface area contributed by atoms with E-state index in [9.17, 15) is 0 Å². The lowest BCUT2D eigenvalue weighted by Gasteiger charge is -2.11. The summed E-state index contributed by atoms with van der Waals surface area (Å²) in [6.07, 6.45) is 0. The summed E-state index contributed by atoms with van der Waals surface area (Å²) >= 11 is 0. The van der Waals surface area contributed by atoms with Gasteiger partial charge in [-0.25, -0.2) is 19.9 Å². The summed E-state index contributed by atoms with van der Waals surface area (Å²) in [7, 11) is 0. The van der Waals surface area contributed by atoms with Gasteiger partial charge in [-0.05, 0) is 59.7 Å². The van der Waals surface area contributed by atoms with Crippen LogP contribution in [-0.4, -0.2) is 19.9 Å². The predicted octanol–water partition coefficient (Wildman–Crippen LogP) is 13.7. The van der Waals surface area contributed by atoms with Crippen LogP contribution in [0.4, 0.5) is 0 Å². The zero-order valence-electron chi connectivity index (χ0n) is 30.9. The van der Waals surface area contributed by atoms with Gasteiger partial charge in [-0.2, -0.15) is 0 Å². The SMILES string of the molecule is c1ccc(-c2nc(-c3cccc(-c4ccc5oc6ccc7c(-c8ccccc8)nc8ccccc8c7c6c5c4)c3)nc(-c3cccc4c3oc3ccccc34)n2)cc1. The van der Waals surface area contributed by atoms with Crippen molar-refractivity contribution in [2.24, 2.45) is 0 Å². The lowest BCUT2D eigenvalue weighted by molar-refractivity contribution is 0.669. The third-order valence-corrected chi connectivity index (χ3v) is 11.1. The number of hydrogen-bond donors (Lipinski definition) is 0. The van der Waals surface area contributed by atoms with Crippen LogP contribution in [0.2, 0.25) is 0 Å². The van der Waals surface area contributed by atoms with Gasteiger partial charge in [0.2, 0.25) is 0 Å². The molecule has 0 N–H and O–H groups in total. The van der Waals surface area contributed by atoms with E-state index in [0.717, 1.165) is 105 Å². The quantitative estimate of drug-likeness (QED) is 0.163. The van der Waals surface area contributed by atoms with Gasteiger partial charge in [-0.3, -0.25) is 0 Å². The van der Waals surface area contributed by atoms with Crippen molar-refractivity contribution in [1.82, 2.24) is 19.9 Å². The van der Waals surface area contributed by atoms with Gasteiger partial charge in [0.1, 0.15) is 22.3 Å². The summed E-state index contributed by atoms with van der Waals surface area (Å²) in [6.45, 7) is 0. The molecule has 0 aliphatic heterocycles. The van der Waals surface area contributed by atoms with Crippen LogP contribution < -0.4 is 0 Å². The molecule has 270 valence electrons. The number of rotatable bonds is 5. The molecule has 0 radical (unpaired) electrons. The molecule has 0 fully saturated rings. The van der Waals surface area contributed by atoms with Crippen molar-refractivity contribution in [2.75, 3.05) is 0 Å². The number of para-hydroxylation sites is 3. The highest BCUT2D eigenvalue weighted by Gasteiger charge is 2.20. The van der Waals surface area contributed by atoms with Crippen LogP contribution in [0.5, 0.6) is 0 Å². The number of aromatic nitrogens is 4. The molecule has 6 heteroatoms. The zero-order valence-corrected chi connectivity index (χ0v) is 30.9. The first kappa shape index (κ1) is 32.3. The molecule has 12 rings (SSSR count). The molecule has 0 aliphatic carbocycles. The number of benzene rings is 8. The summed E-state index contributed by atoms with van der Waals surface area (Å²) in [6, 6.07) is 62.1. The highest BCUT2D eigenvalue weighted by atomic mass is 16.3. The Hall–Kier alpha value is -7.96. The van der Waals surface area contributed by atoms with Gasteiger partial charge in [0.25, 0.3) is 0 Å². The third-order valence-electron chi connectivity index (χ3n) is 11.1. The van der Waals surface area contributed by atoms with Crippen LogP contribution in [0.15, 0.2) is 191 Å². The second kappa shape index (κ2) is 12.8. The Kier molecular flexibility index (Phi) is 7.13. The standard InChI is InChI=1S/C52H30N4O2/c1-3-13-31(14-4-1)48-39-26-28-45-47(46(39)38-20-7-9-23-42(38)53-48)41-30-34(25-27-44(41)57-45)33-17-11-18-35(29-33)51-54-50(32-15-5-2-6-16-32)55-52(56-51)40-22-12-21-37-36-19-8-10-24-43(36)58-49(37)40/h1-30H.